The van der Waals surface area contributed by atoms with Crippen LogP contribution in [0.4, 0.5) is 0 Å². The van der Waals surface area contributed by atoms with E-state index in [9.17, 15) is 4.79 Å². The lowest BCUT2D eigenvalue weighted by atomic mass is 10.2. The fourth-order valence-electron chi connectivity index (χ4n) is 0.798. The molecule has 0 aromatic heterocycles. The van der Waals surface area contributed by atoms with Crippen LogP contribution in [0.5, 0.6) is 0 Å². The molecule has 0 aromatic carbocycles. The summed E-state index contributed by atoms with van der Waals surface area (Å²) in [5, 5.41) is 3.22. The second-order valence-electron chi connectivity index (χ2n) is 2.82. The standard InChI is InChI=1S/C9H19NO2/c1-4-8(3)10-7-6-9(11)12-5-2/h8,10H,4-7H2,1-3H3/t8-/m1/s1. The van der Waals surface area contributed by atoms with Crippen LogP contribution >= 0.6 is 0 Å². The molecule has 72 valence electrons. The van der Waals surface area contributed by atoms with Crippen LogP contribution in [0.3, 0.4) is 0 Å². The Kier molecular flexibility index (Phi) is 6.76. The molecule has 0 amide bonds. The average Bonchev–Trinajstić information content (AvgIpc) is 2.04. The van der Waals surface area contributed by atoms with Crippen LogP contribution in [0.25, 0.3) is 0 Å². The topological polar surface area (TPSA) is 38.3 Å². The van der Waals surface area contributed by atoms with Gasteiger partial charge in [0.25, 0.3) is 0 Å². The second-order valence-corrected chi connectivity index (χ2v) is 2.82. The van der Waals surface area contributed by atoms with E-state index in [1.165, 1.54) is 0 Å². The van der Waals surface area contributed by atoms with Crippen molar-refractivity contribution in [1.29, 1.82) is 0 Å². The minimum Gasteiger partial charge on any atom is -0.466 e. The number of ether oxygens (including phenoxy) is 1. The first-order chi connectivity index (χ1) is 5.70. The van der Waals surface area contributed by atoms with Gasteiger partial charge in [0.2, 0.25) is 0 Å². The van der Waals surface area contributed by atoms with Crippen LogP contribution in [0, 0.1) is 0 Å². The van der Waals surface area contributed by atoms with Gasteiger partial charge in [0.15, 0.2) is 0 Å². The van der Waals surface area contributed by atoms with E-state index in [0.29, 0.717) is 25.6 Å². The Morgan fingerprint density at radius 2 is 2.17 bits per heavy atom. The van der Waals surface area contributed by atoms with Gasteiger partial charge in [-0.25, -0.2) is 0 Å². The maximum absolute atomic E-state index is 10.9. The van der Waals surface area contributed by atoms with E-state index in [1.54, 1.807) is 0 Å². The molecule has 3 heteroatoms. The van der Waals surface area contributed by atoms with Gasteiger partial charge in [0.05, 0.1) is 13.0 Å². The predicted octanol–water partition coefficient (Wildman–Crippen LogP) is 1.33. The number of esters is 1. The van der Waals surface area contributed by atoms with Crippen molar-refractivity contribution in [2.75, 3.05) is 13.2 Å². The summed E-state index contributed by atoms with van der Waals surface area (Å²) in [6.07, 6.45) is 1.56. The maximum atomic E-state index is 10.9. The summed E-state index contributed by atoms with van der Waals surface area (Å²) < 4.78 is 4.78. The smallest absolute Gasteiger partial charge is 0.307 e. The molecule has 0 aliphatic rings. The first kappa shape index (κ1) is 11.4. The van der Waals surface area contributed by atoms with E-state index in [-0.39, 0.29) is 5.97 Å². The van der Waals surface area contributed by atoms with Crippen molar-refractivity contribution in [2.24, 2.45) is 0 Å². The Bertz CT molecular complexity index is 126. The number of rotatable bonds is 6. The summed E-state index contributed by atoms with van der Waals surface area (Å²) in [5.41, 5.74) is 0. The summed E-state index contributed by atoms with van der Waals surface area (Å²) in [7, 11) is 0. The largest absolute Gasteiger partial charge is 0.466 e. The third kappa shape index (κ3) is 6.16. The van der Waals surface area contributed by atoms with Crippen LogP contribution in [0.15, 0.2) is 0 Å². The van der Waals surface area contributed by atoms with Crippen LogP contribution in [-0.2, 0) is 9.53 Å². The molecule has 0 saturated carbocycles. The fraction of sp³-hybridized carbons (Fsp3) is 0.889. The Balaban J connectivity index is 3.24. The van der Waals surface area contributed by atoms with Crippen molar-refractivity contribution >= 4 is 5.97 Å². The third-order valence-corrected chi connectivity index (χ3v) is 1.74. The minimum atomic E-state index is -0.117. The van der Waals surface area contributed by atoms with Crippen LogP contribution in [-0.4, -0.2) is 25.2 Å². The average molecular weight is 173 g/mol. The van der Waals surface area contributed by atoms with Gasteiger partial charge in [-0.2, -0.15) is 0 Å². The van der Waals surface area contributed by atoms with Gasteiger partial charge in [-0.05, 0) is 20.3 Å². The summed E-state index contributed by atoms with van der Waals surface area (Å²) in [4.78, 5) is 10.9. The summed E-state index contributed by atoms with van der Waals surface area (Å²) in [6.45, 7) is 7.23. The number of nitrogens with one attached hydrogen (secondary N) is 1. The molecule has 0 spiro atoms. The minimum absolute atomic E-state index is 0.117. The van der Waals surface area contributed by atoms with Crippen molar-refractivity contribution in [1.82, 2.24) is 5.32 Å². The fourth-order valence-corrected chi connectivity index (χ4v) is 0.798. The van der Waals surface area contributed by atoms with Gasteiger partial charge in [-0.3, -0.25) is 4.79 Å². The molecule has 0 fully saturated rings. The number of carbonyl (C=O) groups is 1. The van der Waals surface area contributed by atoms with Crippen molar-refractivity contribution in [3.63, 3.8) is 0 Å². The zero-order chi connectivity index (χ0) is 9.40. The summed E-state index contributed by atoms with van der Waals surface area (Å²) >= 11 is 0. The van der Waals surface area contributed by atoms with Gasteiger partial charge < -0.3 is 10.1 Å². The highest BCUT2D eigenvalue weighted by Crippen LogP contribution is 1.89. The SMILES string of the molecule is CCOC(=O)CCN[C@H](C)CC. The van der Waals surface area contributed by atoms with Crippen molar-refractivity contribution in [3.8, 4) is 0 Å². The van der Waals surface area contributed by atoms with Gasteiger partial charge in [0.1, 0.15) is 0 Å². The van der Waals surface area contributed by atoms with Crippen molar-refractivity contribution in [3.05, 3.63) is 0 Å². The molecule has 0 saturated heterocycles. The lowest BCUT2D eigenvalue weighted by molar-refractivity contribution is -0.142. The maximum Gasteiger partial charge on any atom is 0.307 e. The second kappa shape index (κ2) is 7.10. The number of hydrogen-bond acceptors (Lipinski definition) is 3. The lowest BCUT2D eigenvalue weighted by Crippen LogP contribution is -2.27. The summed E-state index contributed by atoms with van der Waals surface area (Å²) in [6, 6.07) is 0.486. The Morgan fingerprint density at radius 1 is 1.50 bits per heavy atom. The molecule has 0 rings (SSSR count). The Labute approximate surface area is 74.5 Å². The van der Waals surface area contributed by atoms with E-state index in [1.807, 2.05) is 6.92 Å². The van der Waals surface area contributed by atoms with Crippen molar-refractivity contribution in [2.45, 2.75) is 39.7 Å². The molecule has 1 atom stereocenters. The molecule has 1 N–H and O–H groups in total. The lowest BCUT2D eigenvalue weighted by Gasteiger charge is -2.09. The molecule has 0 heterocycles. The molecule has 0 unspecified atom stereocenters. The van der Waals surface area contributed by atoms with E-state index in [2.05, 4.69) is 19.2 Å². The molecule has 0 radical (unpaired) electrons. The molecule has 0 bridgehead atoms. The Hall–Kier alpha value is -0.570. The molecular weight excluding hydrogens is 154 g/mol. The zero-order valence-corrected chi connectivity index (χ0v) is 8.22. The molecule has 3 nitrogen and oxygen atoms in total. The molecular formula is C9H19NO2. The van der Waals surface area contributed by atoms with Crippen molar-refractivity contribution < 1.29 is 9.53 Å². The highest BCUT2D eigenvalue weighted by molar-refractivity contribution is 5.69. The van der Waals surface area contributed by atoms with Crippen LogP contribution in [0.2, 0.25) is 0 Å². The van der Waals surface area contributed by atoms with Gasteiger partial charge in [0, 0.05) is 12.6 Å². The highest BCUT2D eigenvalue weighted by Gasteiger charge is 2.02. The Morgan fingerprint density at radius 3 is 2.67 bits per heavy atom. The molecule has 0 aliphatic heterocycles. The molecule has 0 aromatic rings. The van der Waals surface area contributed by atoms with E-state index < -0.39 is 0 Å². The summed E-state index contributed by atoms with van der Waals surface area (Å²) in [5.74, 6) is -0.117. The van der Waals surface area contributed by atoms with Gasteiger partial charge in [-0.1, -0.05) is 6.92 Å². The first-order valence-electron chi connectivity index (χ1n) is 4.59. The number of hydrogen-bond donors (Lipinski definition) is 1. The molecule has 12 heavy (non-hydrogen) atoms. The predicted molar refractivity (Wildman–Crippen MR) is 49.0 cm³/mol. The molecule has 0 aliphatic carbocycles. The quantitative estimate of drug-likeness (QED) is 0.616. The van der Waals surface area contributed by atoms with E-state index >= 15 is 0 Å². The normalized spacial score (nSPS) is 12.6. The van der Waals surface area contributed by atoms with E-state index in [0.717, 1.165) is 6.42 Å². The zero-order valence-electron chi connectivity index (χ0n) is 8.22. The number of carbonyl (C=O) groups excluding carboxylic acids is 1. The van der Waals surface area contributed by atoms with Crippen LogP contribution in [0.1, 0.15) is 33.6 Å². The first-order valence-corrected chi connectivity index (χ1v) is 4.59. The highest BCUT2D eigenvalue weighted by atomic mass is 16.5. The van der Waals surface area contributed by atoms with E-state index in [4.69, 9.17) is 4.74 Å². The monoisotopic (exact) mass is 173 g/mol. The van der Waals surface area contributed by atoms with Gasteiger partial charge in [-0.15, -0.1) is 0 Å². The van der Waals surface area contributed by atoms with Crippen LogP contribution < -0.4 is 5.32 Å². The van der Waals surface area contributed by atoms with Gasteiger partial charge >= 0.3 is 5.97 Å². The third-order valence-electron chi connectivity index (χ3n) is 1.74.